The van der Waals surface area contributed by atoms with Gasteiger partial charge in [0.2, 0.25) is 0 Å². The van der Waals surface area contributed by atoms with Crippen molar-refractivity contribution in [2.45, 2.75) is 13.0 Å². The normalized spacial score (nSPS) is 12.8. The molecule has 0 spiro atoms. The summed E-state index contributed by atoms with van der Waals surface area (Å²) in [4.78, 5) is 19.8. The zero-order valence-corrected chi connectivity index (χ0v) is 10.9. The molecule has 17 heavy (non-hydrogen) atoms. The van der Waals surface area contributed by atoms with Gasteiger partial charge in [0.1, 0.15) is 10.8 Å². The maximum absolute atomic E-state index is 11.3. The molecule has 3 N–H and O–H groups in total. The molecular weight excluding hydrogens is 244 g/mol. The monoisotopic (exact) mass is 260 g/mol. The summed E-state index contributed by atoms with van der Waals surface area (Å²) in [6.45, 7) is 2.47. The number of hydrogen-bond donors (Lipinski definition) is 3. The quantitative estimate of drug-likeness (QED) is 0.698. The Labute approximate surface area is 105 Å². The van der Waals surface area contributed by atoms with E-state index in [1.54, 1.807) is 6.92 Å². The summed E-state index contributed by atoms with van der Waals surface area (Å²) < 4.78 is 0. The second-order valence-corrected chi connectivity index (χ2v) is 4.49. The fourth-order valence-corrected chi connectivity index (χ4v) is 1.55. The van der Waals surface area contributed by atoms with Crippen molar-refractivity contribution < 1.29 is 5.11 Å². The number of aromatic nitrogens is 2. The third kappa shape index (κ3) is 4.33. The van der Waals surface area contributed by atoms with Crippen LogP contribution in [-0.2, 0) is 0 Å². The predicted molar refractivity (Wildman–Crippen MR) is 67.7 cm³/mol. The van der Waals surface area contributed by atoms with Crippen LogP contribution in [0.15, 0.2) is 4.79 Å². The van der Waals surface area contributed by atoms with Crippen molar-refractivity contribution in [1.29, 1.82) is 0 Å². The second-order valence-electron chi connectivity index (χ2n) is 4.11. The second kappa shape index (κ2) is 6.00. The largest absolute Gasteiger partial charge is 0.390 e. The Morgan fingerprint density at radius 2 is 2.24 bits per heavy atom. The van der Waals surface area contributed by atoms with Gasteiger partial charge in [0.25, 0.3) is 5.56 Å². The number of rotatable bonds is 5. The molecule has 0 amide bonds. The minimum atomic E-state index is -0.553. The first-order valence-corrected chi connectivity index (χ1v) is 5.61. The Kier molecular flexibility index (Phi) is 4.92. The highest BCUT2D eigenvalue weighted by atomic mass is 35.5. The summed E-state index contributed by atoms with van der Waals surface area (Å²) in [6.07, 6.45) is -0.553. The van der Waals surface area contributed by atoms with Crippen LogP contribution in [0.4, 0.5) is 5.82 Å². The minimum Gasteiger partial charge on any atom is -0.390 e. The molecule has 96 valence electrons. The topological polar surface area (TPSA) is 81.2 Å². The van der Waals surface area contributed by atoms with E-state index in [4.69, 9.17) is 11.6 Å². The van der Waals surface area contributed by atoms with E-state index in [2.05, 4.69) is 15.3 Å². The number of aromatic amines is 1. The first-order valence-electron chi connectivity index (χ1n) is 5.23. The zero-order chi connectivity index (χ0) is 13.0. The van der Waals surface area contributed by atoms with Crippen LogP contribution in [0.5, 0.6) is 0 Å². The number of halogens is 1. The molecule has 1 aromatic rings. The lowest BCUT2D eigenvalue weighted by molar-refractivity contribution is 0.148. The molecule has 7 heteroatoms. The summed E-state index contributed by atoms with van der Waals surface area (Å²) in [5.41, 5.74) is -0.385. The van der Waals surface area contributed by atoms with Crippen LogP contribution >= 0.6 is 11.6 Å². The van der Waals surface area contributed by atoms with E-state index in [1.165, 1.54) is 0 Å². The molecule has 0 fully saturated rings. The third-order valence-corrected chi connectivity index (χ3v) is 2.41. The smallest absolute Gasteiger partial charge is 0.271 e. The predicted octanol–water partition coefficient (Wildman–Crippen LogP) is 0.0661. The van der Waals surface area contributed by atoms with Gasteiger partial charge in [-0.25, -0.2) is 4.98 Å². The van der Waals surface area contributed by atoms with Gasteiger partial charge in [-0.1, -0.05) is 11.6 Å². The van der Waals surface area contributed by atoms with E-state index < -0.39 is 6.10 Å². The average Bonchev–Trinajstić information content (AvgIpc) is 2.20. The SMILES string of the molecule is Cc1nc(NCC(O)CN(C)C)c(Cl)c(=O)[nH]1. The fourth-order valence-electron chi connectivity index (χ4n) is 1.39. The van der Waals surface area contributed by atoms with Crippen molar-refractivity contribution in [2.75, 3.05) is 32.5 Å². The summed E-state index contributed by atoms with van der Waals surface area (Å²) >= 11 is 5.79. The van der Waals surface area contributed by atoms with Crippen LogP contribution in [-0.4, -0.2) is 53.3 Å². The highest BCUT2D eigenvalue weighted by Crippen LogP contribution is 2.13. The standard InChI is InChI=1S/C10H17ClN4O2/c1-6-13-9(8(11)10(17)14-6)12-4-7(16)5-15(2)3/h7,16H,4-5H2,1-3H3,(H2,12,13,14,17). The van der Waals surface area contributed by atoms with E-state index in [1.807, 2.05) is 19.0 Å². The molecule has 1 heterocycles. The molecule has 0 saturated heterocycles. The van der Waals surface area contributed by atoms with Gasteiger partial charge in [-0.2, -0.15) is 0 Å². The number of likely N-dealkylation sites (N-methyl/N-ethyl adjacent to an activating group) is 1. The van der Waals surface area contributed by atoms with Crippen LogP contribution in [0.3, 0.4) is 0 Å². The molecule has 6 nitrogen and oxygen atoms in total. The van der Waals surface area contributed by atoms with Crippen LogP contribution in [0, 0.1) is 6.92 Å². The highest BCUT2D eigenvalue weighted by Gasteiger charge is 2.10. The molecule has 1 aromatic heterocycles. The Balaban J connectivity index is 2.66. The fraction of sp³-hybridized carbons (Fsp3) is 0.600. The maximum Gasteiger partial charge on any atom is 0.271 e. The van der Waals surface area contributed by atoms with E-state index in [9.17, 15) is 9.90 Å². The van der Waals surface area contributed by atoms with Gasteiger partial charge >= 0.3 is 0 Å². The van der Waals surface area contributed by atoms with E-state index >= 15 is 0 Å². The molecule has 0 saturated carbocycles. The third-order valence-electron chi connectivity index (χ3n) is 2.06. The molecule has 1 unspecified atom stereocenters. The minimum absolute atomic E-state index is 0.00709. The number of aliphatic hydroxyl groups is 1. The van der Waals surface area contributed by atoms with Gasteiger partial charge in [0, 0.05) is 13.1 Å². The molecule has 0 aliphatic carbocycles. The average molecular weight is 261 g/mol. The Morgan fingerprint density at radius 1 is 1.59 bits per heavy atom. The van der Waals surface area contributed by atoms with Crippen LogP contribution in [0.1, 0.15) is 5.82 Å². The number of aryl methyl sites for hydroxylation is 1. The Bertz CT molecular complexity index is 433. The summed E-state index contributed by atoms with van der Waals surface area (Å²) in [6, 6.07) is 0. The zero-order valence-electron chi connectivity index (χ0n) is 10.1. The molecule has 0 bridgehead atoms. The van der Waals surface area contributed by atoms with Crippen molar-refractivity contribution in [1.82, 2.24) is 14.9 Å². The summed E-state index contributed by atoms with van der Waals surface area (Å²) in [5.74, 6) is 0.773. The molecular formula is C10H17ClN4O2. The number of nitrogens with zero attached hydrogens (tertiary/aromatic N) is 2. The molecule has 0 aliphatic rings. The van der Waals surface area contributed by atoms with Gasteiger partial charge in [-0.3, -0.25) is 4.79 Å². The Morgan fingerprint density at radius 3 is 2.82 bits per heavy atom. The van der Waals surface area contributed by atoms with Crippen LogP contribution < -0.4 is 10.9 Å². The van der Waals surface area contributed by atoms with E-state index in [-0.39, 0.29) is 17.1 Å². The number of anilines is 1. The lowest BCUT2D eigenvalue weighted by atomic mass is 10.3. The van der Waals surface area contributed by atoms with Crippen LogP contribution in [0.2, 0.25) is 5.02 Å². The highest BCUT2D eigenvalue weighted by molar-refractivity contribution is 6.32. The molecule has 0 aromatic carbocycles. The number of H-pyrrole nitrogens is 1. The maximum atomic E-state index is 11.3. The summed E-state index contributed by atoms with van der Waals surface area (Å²) in [5, 5.41) is 12.5. The summed E-state index contributed by atoms with van der Waals surface area (Å²) in [7, 11) is 3.73. The van der Waals surface area contributed by atoms with Crippen LogP contribution in [0.25, 0.3) is 0 Å². The van der Waals surface area contributed by atoms with E-state index in [0.717, 1.165) is 0 Å². The van der Waals surface area contributed by atoms with Crippen molar-refractivity contribution >= 4 is 17.4 Å². The first-order chi connectivity index (χ1) is 7.90. The Hall–Kier alpha value is -1.11. The van der Waals surface area contributed by atoms with Crippen molar-refractivity contribution in [2.24, 2.45) is 0 Å². The van der Waals surface area contributed by atoms with Gasteiger partial charge in [0.05, 0.1) is 6.10 Å². The molecule has 1 atom stereocenters. The lowest BCUT2D eigenvalue weighted by Gasteiger charge is -2.17. The lowest BCUT2D eigenvalue weighted by Crippen LogP contribution is -2.32. The van der Waals surface area contributed by atoms with Gasteiger partial charge in [0.15, 0.2) is 5.82 Å². The number of nitrogens with one attached hydrogen (secondary N) is 2. The van der Waals surface area contributed by atoms with E-state index in [0.29, 0.717) is 18.2 Å². The number of aliphatic hydroxyl groups excluding tert-OH is 1. The molecule has 0 aliphatic heterocycles. The number of hydrogen-bond acceptors (Lipinski definition) is 5. The van der Waals surface area contributed by atoms with Crippen molar-refractivity contribution in [3.8, 4) is 0 Å². The van der Waals surface area contributed by atoms with Gasteiger partial charge in [-0.15, -0.1) is 0 Å². The first kappa shape index (κ1) is 14.0. The van der Waals surface area contributed by atoms with Gasteiger partial charge in [-0.05, 0) is 21.0 Å². The van der Waals surface area contributed by atoms with Gasteiger partial charge < -0.3 is 20.3 Å². The molecule has 1 rings (SSSR count). The molecule has 0 radical (unpaired) electrons. The van der Waals surface area contributed by atoms with Crippen molar-refractivity contribution in [3.05, 3.63) is 21.2 Å². The van der Waals surface area contributed by atoms with Crippen molar-refractivity contribution in [3.63, 3.8) is 0 Å².